The van der Waals surface area contributed by atoms with Crippen LogP contribution in [0.2, 0.25) is 0 Å². The highest BCUT2D eigenvalue weighted by molar-refractivity contribution is 8.42. The zero-order chi connectivity index (χ0) is 26.6. The van der Waals surface area contributed by atoms with E-state index in [1.165, 1.54) is 20.1 Å². The van der Waals surface area contributed by atoms with Gasteiger partial charge in [0.25, 0.3) is 5.91 Å². The van der Waals surface area contributed by atoms with Crippen LogP contribution in [-0.2, 0) is 14.6 Å². The summed E-state index contributed by atoms with van der Waals surface area (Å²) in [6, 6.07) is 12.9. The normalized spacial score (nSPS) is 16.4. The average Bonchev–Trinajstić information content (AvgIpc) is 3.33. The van der Waals surface area contributed by atoms with Crippen molar-refractivity contribution in [2.45, 2.75) is 20.3 Å². The summed E-state index contributed by atoms with van der Waals surface area (Å²) in [6.45, 7) is 4.41. The number of aryl methyl sites for hydroxylation is 1. The number of carbonyl (C=O) groups excluding carboxylic acids is 1. The van der Waals surface area contributed by atoms with Gasteiger partial charge in [0.15, 0.2) is 17.3 Å². The van der Waals surface area contributed by atoms with Crippen LogP contribution < -0.4 is 14.2 Å². The first-order valence-electron chi connectivity index (χ1n) is 11.5. The van der Waals surface area contributed by atoms with E-state index in [0.717, 1.165) is 28.1 Å². The van der Waals surface area contributed by atoms with Crippen LogP contribution in [0.15, 0.2) is 58.1 Å². The number of sulfone groups is 1. The quantitative estimate of drug-likeness (QED) is 0.373. The fourth-order valence-corrected chi connectivity index (χ4v) is 5.59. The summed E-state index contributed by atoms with van der Waals surface area (Å²) in [5.41, 5.74) is 1.63. The number of thioether (sulfide) groups is 1. The lowest BCUT2D eigenvalue weighted by atomic mass is 10.1. The number of nitrogens with one attached hydrogen (secondary N) is 1. The molecule has 0 aromatic heterocycles. The van der Waals surface area contributed by atoms with E-state index in [1.54, 1.807) is 18.2 Å². The van der Waals surface area contributed by atoms with Gasteiger partial charge >= 0.3 is 0 Å². The molecule has 0 spiro atoms. The lowest BCUT2D eigenvalue weighted by Gasteiger charge is -2.20. The number of fused-ring (bicyclic) bond motifs is 1. The standard InChI is InChI=1S/C25H26N4O6S2/c1-4-37(31,32)25-28-29-22(26)18(23(30)27-24(29)36-25)14-17-10-11-20(21(15-17)33-3)35-13-7-12-34-19-9-6-5-8-16(19)2/h5-6,8-11,14-15,26H,4,7,12-13H2,1-3H3/b18-14+,26-22?. The third kappa shape index (κ3) is 5.86. The Kier molecular flexibility index (Phi) is 7.98. The zero-order valence-electron chi connectivity index (χ0n) is 20.6. The van der Waals surface area contributed by atoms with Gasteiger partial charge < -0.3 is 14.2 Å². The molecular weight excluding hydrogens is 516 g/mol. The Morgan fingerprint density at radius 2 is 1.81 bits per heavy atom. The van der Waals surface area contributed by atoms with Crippen LogP contribution in [0.25, 0.3) is 6.08 Å². The molecule has 0 saturated heterocycles. The summed E-state index contributed by atoms with van der Waals surface area (Å²) < 4.78 is 41.2. The van der Waals surface area contributed by atoms with Crippen LogP contribution in [0.5, 0.6) is 17.2 Å². The highest BCUT2D eigenvalue weighted by Gasteiger charge is 2.39. The largest absolute Gasteiger partial charge is 0.493 e. The van der Waals surface area contributed by atoms with Crippen LogP contribution in [-0.4, -0.2) is 60.8 Å². The molecule has 0 unspecified atom stereocenters. The van der Waals surface area contributed by atoms with E-state index in [2.05, 4.69) is 10.1 Å². The van der Waals surface area contributed by atoms with Gasteiger partial charge in [-0.3, -0.25) is 10.2 Å². The van der Waals surface area contributed by atoms with Crippen LogP contribution >= 0.6 is 11.8 Å². The highest BCUT2D eigenvalue weighted by atomic mass is 32.3. The number of hydrogen-bond donors (Lipinski definition) is 1. The van der Waals surface area contributed by atoms with Crippen LogP contribution in [0.3, 0.4) is 0 Å². The Bertz CT molecular complexity index is 1430. The third-order valence-electron chi connectivity index (χ3n) is 5.48. The SMILES string of the molecule is CCS(=O)(=O)C1=NN2C(=N)/C(=C\c3ccc(OCCCOc4ccccc4C)c(OC)c3)C(=O)N=C2S1. The van der Waals surface area contributed by atoms with Crippen molar-refractivity contribution in [3.8, 4) is 17.2 Å². The van der Waals surface area contributed by atoms with E-state index in [-0.39, 0.29) is 26.7 Å². The van der Waals surface area contributed by atoms with E-state index >= 15 is 0 Å². The van der Waals surface area contributed by atoms with Gasteiger partial charge in [0.1, 0.15) is 5.75 Å². The number of rotatable bonds is 9. The molecule has 1 amide bonds. The second kappa shape index (κ2) is 11.2. The minimum Gasteiger partial charge on any atom is -0.493 e. The first-order chi connectivity index (χ1) is 17.7. The molecule has 0 atom stereocenters. The maximum atomic E-state index is 12.6. The Morgan fingerprint density at radius 1 is 1.08 bits per heavy atom. The predicted octanol–water partition coefficient (Wildman–Crippen LogP) is 3.86. The smallest absolute Gasteiger partial charge is 0.283 e. The summed E-state index contributed by atoms with van der Waals surface area (Å²) >= 11 is 0.764. The van der Waals surface area contributed by atoms with Crippen molar-refractivity contribution in [1.29, 1.82) is 5.41 Å². The maximum Gasteiger partial charge on any atom is 0.283 e. The number of para-hydroxylation sites is 1. The molecule has 2 heterocycles. The summed E-state index contributed by atoms with van der Waals surface area (Å²) in [5, 5.41) is 13.5. The van der Waals surface area contributed by atoms with E-state index in [1.807, 2.05) is 31.2 Å². The second-order valence-electron chi connectivity index (χ2n) is 8.02. The Hall–Kier alpha value is -3.64. The predicted molar refractivity (Wildman–Crippen MR) is 144 cm³/mol. The molecule has 12 heteroatoms. The van der Waals surface area contributed by atoms with Crippen LogP contribution in [0.4, 0.5) is 0 Å². The van der Waals surface area contributed by atoms with Crippen LogP contribution in [0, 0.1) is 12.3 Å². The average molecular weight is 543 g/mol. The number of carbonyl (C=O) groups is 1. The topological polar surface area (TPSA) is 131 Å². The van der Waals surface area contributed by atoms with Crippen molar-refractivity contribution in [1.82, 2.24) is 5.01 Å². The molecule has 0 radical (unpaired) electrons. The Labute approximate surface area is 219 Å². The minimum absolute atomic E-state index is 0.0210. The first kappa shape index (κ1) is 26.4. The van der Waals surface area contributed by atoms with Gasteiger partial charge in [0.05, 0.1) is 31.6 Å². The van der Waals surface area contributed by atoms with E-state index in [9.17, 15) is 13.2 Å². The number of methoxy groups -OCH3 is 1. The number of amidine groups is 2. The first-order valence-corrected chi connectivity index (χ1v) is 13.9. The Morgan fingerprint density at radius 3 is 2.51 bits per heavy atom. The van der Waals surface area contributed by atoms with Crippen molar-refractivity contribution in [2.24, 2.45) is 10.1 Å². The molecule has 0 saturated carbocycles. The van der Waals surface area contributed by atoms with Crippen molar-refractivity contribution < 1.29 is 27.4 Å². The molecular formula is C25H26N4O6S2. The third-order valence-corrected chi connectivity index (χ3v) is 8.57. The summed E-state index contributed by atoms with van der Waals surface area (Å²) in [5.74, 6) is 0.787. The van der Waals surface area contributed by atoms with Crippen LogP contribution in [0.1, 0.15) is 24.5 Å². The number of hydrazone groups is 1. The highest BCUT2D eigenvalue weighted by Crippen LogP contribution is 2.32. The molecule has 2 aromatic carbocycles. The molecule has 0 bridgehead atoms. The van der Waals surface area contributed by atoms with Gasteiger partial charge in [-0.05, 0) is 54.1 Å². The van der Waals surface area contributed by atoms with Gasteiger partial charge in [-0.15, -0.1) is 5.10 Å². The number of hydrogen-bond acceptors (Lipinski definition) is 9. The number of benzene rings is 2. The summed E-state index contributed by atoms with van der Waals surface area (Å²) in [7, 11) is -2.08. The van der Waals surface area contributed by atoms with Gasteiger partial charge in [-0.1, -0.05) is 31.2 Å². The molecule has 0 aliphatic carbocycles. The molecule has 2 aliphatic rings. The zero-order valence-corrected chi connectivity index (χ0v) is 22.2. The fraction of sp³-hybridized carbons (Fsp3) is 0.280. The molecule has 0 fully saturated rings. The van der Waals surface area contributed by atoms with Gasteiger partial charge in [0, 0.05) is 6.42 Å². The lowest BCUT2D eigenvalue weighted by Crippen LogP contribution is -2.35. The molecule has 4 rings (SSSR count). The van der Waals surface area contributed by atoms with Gasteiger partial charge in [-0.25, -0.2) is 8.42 Å². The molecule has 194 valence electrons. The van der Waals surface area contributed by atoms with Crippen molar-refractivity contribution in [2.75, 3.05) is 26.1 Å². The molecule has 2 aliphatic heterocycles. The van der Waals surface area contributed by atoms with Gasteiger partial charge in [-0.2, -0.15) is 10.0 Å². The van der Waals surface area contributed by atoms with E-state index in [0.29, 0.717) is 36.7 Å². The summed E-state index contributed by atoms with van der Waals surface area (Å²) in [4.78, 5) is 16.5. The molecule has 37 heavy (non-hydrogen) atoms. The summed E-state index contributed by atoms with van der Waals surface area (Å²) in [6.07, 6.45) is 2.15. The number of nitrogens with zero attached hydrogens (tertiary/aromatic N) is 3. The second-order valence-corrected chi connectivity index (χ2v) is 11.4. The number of amides is 1. The molecule has 2 aromatic rings. The Balaban J connectivity index is 1.43. The molecule has 1 N–H and O–H groups in total. The maximum absolute atomic E-state index is 12.6. The molecule has 10 nitrogen and oxygen atoms in total. The minimum atomic E-state index is -3.59. The number of aliphatic imine (C=N–C) groups is 1. The van der Waals surface area contributed by atoms with Gasteiger partial charge in [0.2, 0.25) is 19.4 Å². The van der Waals surface area contributed by atoms with Crippen molar-refractivity contribution in [3.05, 3.63) is 59.2 Å². The van der Waals surface area contributed by atoms with Crippen molar-refractivity contribution in [3.63, 3.8) is 0 Å². The van der Waals surface area contributed by atoms with E-state index < -0.39 is 15.7 Å². The fourth-order valence-electron chi connectivity index (χ4n) is 3.43. The number of ether oxygens (including phenoxy) is 3. The van der Waals surface area contributed by atoms with E-state index in [4.69, 9.17) is 19.6 Å². The van der Waals surface area contributed by atoms with Crippen molar-refractivity contribution >= 4 is 49.0 Å². The monoisotopic (exact) mass is 542 g/mol. The lowest BCUT2D eigenvalue weighted by molar-refractivity contribution is -0.114.